The van der Waals surface area contributed by atoms with Crippen LogP contribution >= 0.6 is 11.6 Å². The lowest BCUT2D eigenvalue weighted by Crippen LogP contribution is -2.28. The largest absolute Gasteiger partial charge is 0.488 e. The second kappa shape index (κ2) is 10.7. The van der Waals surface area contributed by atoms with Gasteiger partial charge in [-0.25, -0.2) is 8.78 Å². The van der Waals surface area contributed by atoms with Crippen LogP contribution in [0.5, 0.6) is 5.75 Å². The smallest absolute Gasteiger partial charge is 0.416 e. The Morgan fingerprint density at radius 3 is 2.51 bits per heavy atom. The molecule has 3 aromatic carbocycles. The van der Waals surface area contributed by atoms with Gasteiger partial charge in [0.25, 0.3) is 11.8 Å². The van der Waals surface area contributed by atoms with E-state index >= 15 is 0 Å². The number of nitrogens with zero attached hydrogens (tertiary/aromatic N) is 1. The summed E-state index contributed by atoms with van der Waals surface area (Å²) < 4.78 is 74.0. The van der Waals surface area contributed by atoms with Crippen molar-refractivity contribution in [3.63, 3.8) is 0 Å². The Kier molecular flexibility index (Phi) is 7.37. The number of nitrogens with one attached hydrogen (secondary N) is 2. The van der Waals surface area contributed by atoms with Crippen LogP contribution in [0.1, 0.15) is 56.8 Å². The fourth-order valence-corrected chi connectivity index (χ4v) is 5.16. The van der Waals surface area contributed by atoms with Crippen molar-refractivity contribution >= 4 is 35.0 Å². The lowest BCUT2D eigenvalue weighted by Gasteiger charge is -2.20. The first-order valence-corrected chi connectivity index (χ1v) is 12.7. The van der Waals surface area contributed by atoms with E-state index in [4.69, 9.17) is 16.3 Å². The maximum absolute atomic E-state index is 14.1. The number of hydrogen-bond acceptors (Lipinski definition) is 4. The Morgan fingerprint density at radius 2 is 1.83 bits per heavy atom. The predicted octanol–water partition coefficient (Wildman–Crippen LogP) is 5.72. The van der Waals surface area contributed by atoms with Gasteiger partial charge in [-0.15, -0.1) is 0 Å². The molecule has 41 heavy (non-hydrogen) atoms. The van der Waals surface area contributed by atoms with Crippen LogP contribution in [0.25, 0.3) is 0 Å². The molecule has 1 unspecified atom stereocenters. The standard InChI is InChI=1S/C28H21ClF5N3O4/c1-13(38)37-5-4-18(12-37)41-19-10-21-24(25(36-27(21)40)20-9-16(30)2-3-22(20)29)23(11-19)35-26(39)14-6-15(28(32,33)34)8-17(31)7-14/h2-3,6-11,18,25H,4-5,12H2,1H3,(H,35,39)(H,36,40)/t18-,25?/m0/s1. The van der Waals surface area contributed by atoms with Crippen molar-refractivity contribution in [2.24, 2.45) is 0 Å². The average Bonchev–Trinajstić information content (AvgIpc) is 3.49. The molecule has 2 aliphatic rings. The lowest BCUT2D eigenvalue weighted by molar-refractivity contribution is -0.137. The Hall–Kier alpha value is -4.19. The maximum atomic E-state index is 14.1. The highest BCUT2D eigenvalue weighted by Crippen LogP contribution is 2.42. The summed E-state index contributed by atoms with van der Waals surface area (Å²) >= 11 is 6.30. The van der Waals surface area contributed by atoms with Gasteiger partial charge in [-0.2, -0.15) is 13.2 Å². The quantitative estimate of drug-likeness (QED) is 0.371. The summed E-state index contributed by atoms with van der Waals surface area (Å²) in [5.74, 6) is -3.63. The number of benzene rings is 3. The highest BCUT2D eigenvalue weighted by Gasteiger charge is 2.36. The predicted molar refractivity (Wildman–Crippen MR) is 138 cm³/mol. The van der Waals surface area contributed by atoms with Gasteiger partial charge in [0.1, 0.15) is 23.5 Å². The monoisotopic (exact) mass is 593 g/mol. The van der Waals surface area contributed by atoms with Crippen molar-refractivity contribution < 1.29 is 41.1 Å². The molecule has 0 bridgehead atoms. The molecule has 5 rings (SSSR count). The summed E-state index contributed by atoms with van der Waals surface area (Å²) in [5.41, 5.74) is -1.66. The zero-order valence-corrected chi connectivity index (χ0v) is 22.0. The molecule has 2 atom stereocenters. The number of alkyl halides is 3. The molecular formula is C28H21ClF5N3O4. The zero-order chi connectivity index (χ0) is 29.6. The number of ether oxygens (including phenoxy) is 1. The lowest BCUT2D eigenvalue weighted by atomic mass is 9.95. The minimum absolute atomic E-state index is 0.0415. The number of likely N-dealkylation sites (tertiary alicyclic amines) is 1. The number of rotatable bonds is 5. The third-order valence-corrected chi connectivity index (χ3v) is 7.20. The van der Waals surface area contributed by atoms with E-state index in [0.29, 0.717) is 25.1 Å². The molecular weight excluding hydrogens is 573 g/mol. The Bertz CT molecular complexity index is 1580. The van der Waals surface area contributed by atoms with Crippen molar-refractivity contribution in [2.45, 2.75) is 31.7 Å². The second-order valence-corrected chi connectivity index (χ2v) is 10.1. The minimum atomic E-state index is -4.91. The molecule has 0 aliphatic carbocycles. The minimum Gasteiger partial charge on any atom is -0.488 e. The number of fused-ring (bicyclic) bond motifs is 1. The topological polar surface area (TPSA) is 87.7 Å². The van der Waals surface area contributed by atoms with Crippen LogP contribution in [0.2, 0.25) is 5.02 Å². The molecule has 0 spiro atoms. The molecule has 0 saturated carbocycles. The SMILES string of the molecule is CC(=O)N1CC[C@H](Oc2cc(NC(=O)c3cc(F)cc(C(F)(F)F)c3)c3c(c2)C(=O)NC3c2cc(F)ccc2Cl)C1. The van der Waals surface area contributed by atoms with E-state index in [0.717, 1.165) is 12.1 Å². The highest BCUT2D eigenvalue weighted by molar-refractivity contribution is 6.31. The van der Waals surface area contributed by atoms with Crippen LogP contribution in [0, 0.1) is 11.6 Å². The molecule has 0 radical (unpaired) electrons. The van der Waals surface area contributed by atoms with E-state index < -0.39 is 52.9 Å². The molecule has 2 N–H and O–H groups in total. The average molecular weight is 594 g/mol. The van der Waals surface area contributed by atoms with Gasteiger partial charge in [-0.3, -0.25) is 14.4 Å². The van der Waals surface area contributed by atoms with Gasteiger partial charge in [0.15, 0.2) is 0 Å². The fraction of sp³-hybridized carbons (Fsp3) is 0.250. The first-order chi connectivity index (χ1) is 19.3. The van der Waals surface area contributed by atoms with E-state index in [2.05, 4.69) is 10.6 Å². The van der Waals surface area contributed by atoms with Crippen LogP contribution in [-0.2, 0) is 11.0 Å². The molecule has 7 nitrogen and oxygen atoms in total. The van der Waals surface area contributed by atoms with E-state index in [1.165, 1.54) is 25.1 Å². The number of carbonyl (C=O) groups is 3. The molecule has 1 saturated heterocycles. The van der Waals surface area contributed by atoms with Gasteiger partial charge in [0.05, 0.1) is 29.4 Å². The number of anilines is 1. The normalized spacial score (nSPS) is 18.2. The van der Waals surface area contributed by atoms with Gasteiger partial charge < -0.3 is 20.3 Å². The van der Waals surface area contributed by atoms with Crippen LogP contribution in [-0.4, -0.2) is 41.8 Å². The molecule has 0 aromatic heterocycles. The highest BCUT2D eigenvalue weighted by atomic mass is 35.5. The van der Waals surface area contributed by atoms with Crippen molar-refractivity contribution in [1.29, 1.82) is 0 Å². The van der Waals surface area contributed by atoms with Crippen molar-refractivity contribution in [3.8, 4) is 5.75 Å². The maximum Gasteiger partial charge on any atom is 0.416 e. The third-order valence-electron chi connectivity index (χ3n) is 6.86. The number of hydrogen-bond donors (Lipinski definition) is 2. The summed E-state index contributed by atoms with van der Waals surface area (Å²) in [6.45, 7) is 2.16. The summed E-state index contributed by atoms with van der Waals surface area (Å²) in [6, 6.07) is 6.65. The molecule has 3 amide bonds. The molecule has 1 fully saturated rings. The van der Waals surface area contributed by atoms with Gasteiger partial charge in [0.2, 0.25) is 5.91 Å². The Balaban J connectivity index is 1.57. The first-order valence-electron chi connectivity index (χ1n) is 12.3. The van der Waals surface area contributed by atoms with Crippen LogP contribution < -0.4 is 15.4 Å². The van der Waals surface area contributed by atoms with Crippen molar-refractivity contribution in [2.75, 3.05) is 18.4 Å². The van der Waals surface area contributed by atoms with E-state index in [1.807, 2.05) is 0 Å². The molecule has 2 aliphatic heterocycles. The number of amides is 3. The zero-order valence-electron chi connectivity index (χ0n) is 21.2. The summed E-state index contributed by atoms with van der Waals surface area (Å²) in [7, 11) is 0. The van der Waals surface area contributed by atoms with Gasteiger partial charge in [-0.05, 0) is 42.5 Å². The van der Waals surface area contributed by atoms with Crippen molar-refractivity contribution in [1.82, 2.24) is 10.2 Å². The third kappa shape index (κ3) is 5.83. The fourth-order valence-electron chi connectivity index (χ4n) is 4.93. The second-order valence-electron chi connectivity index (χ2n) is 9.68. The Morgan fingerprint density at radius 1 is 1.07 bits per heavy atom. The van der Waals surface area contributed by atoms with Crippen LogP contribution in [0.15, 0.2) is 48.5 Å². The van der Waals surface area contributed by atoms with E-state index in [-0.39, 0.29) is 51.7 Å². The van der Waals surface area contributed by atoms with Gasteiger partial charge >= 0.3 is 6.18 Å². The summed E-state index contributed by atoms with van der Waals surface area (Å²) in [6.07, 6.45) is -4.84. The van der Waals surface area contributed by atoms with Gasteiger partial charge in [-0.1, -0.05) is 11.6 Å². The Labute approximate surface area is 235 Å². The number of carbonyl (C=O) groups excluding carboxylic acids is 3. The molecule has 2 heterocycles. The van der Waals surface area contributed by atoms with Crippen LogP contribution in [0.4, 0.5) is 27.6 Å². The number of halogens is 6. The van der Waals surface area contributed by atoms with Crippen molar-refractivity contribution in [3.05, 3.63) is 93.0 Å². The van der Waals surface area contributed by atoms with E-state index in [1.54, 1.807) is 4.90 Å². The van der Waals surface area contributed by atoms with Crippen LogP contribution in [0.3, 0.4) is 0 Å². The molecule has 214 valence electrons. The summed E-state index contributed by atoms with van der Waals surface area (Å²) in [5, 5.41) is 5.25. The summed E-state index contributed by atoms with van der Waals surface area (Å²) in [4.78, 5) is 39.5. The molecule has 13 heteroatoms. The van der Waals surface area contributed by atoms with Gasteiger partial charge in [0, 0.05) is 47.7 Å². The first kappa shape index (κ1) is 28.3. The molecule has 3 aromatic rings. The van der Waals surface area contributed by atoms with E-state index in [9.17, 15) is 36.3 Å².